The van der Waals surface area contributed by atoms with E-state index in [9.17, 15) is 5.11 Å². The summed E-state index contributed by atoms with van der Waals surface area (Å²) >= 11 is 0. The summed E-state index contributed by atoms with van der Waals surface area (Å²) in [6.45, 7) is 2.00. The van der Waals surface area contributed by atoms with Crippen molar-refractivity contribution in [2.24, 2.45) is 0 Å². The highest BCUT2D eigenvalue weighted by Crippen LogP contribution is 2.43. The molecule has 1 unspecified atom stereocenters. The third-order valence-corrected chi connectivity index (χ3v) is 7.56. The number of halogens is 1. The van der Waals surface area contributed by atoms with Crippen LogP contribution in [-0.2, 0) is 12.0 Å². The van der Waals surface area contributed by atoms with Crippen molar-refractivity contribution in [1.82, 2.24) is 14.8 Å². The molecule has 202 valence electrons. The Hall–Kier alpha value is -4.87. The van der Waals surface area contributed by atoms with Crippen LogP contribution in [0.25, 0.3) is 11.4 Å². The van der Waals surface area contributed by atoms with Crippen LogP contribution in [0.1, 0.15) is 46.7 Å². The lowest BCUT2D eigenvalue weighted by Gasteiger charge is -2.37. The zero-order valence-electron chi connectivity index (χ0n) is 22.7. The quantitative estimate of drug-likeness (QED) is 0.203. The molecule has 0 radical (unpaired) electrons. The van der Waals surface area contributed by atoms with Crippen LogP contribution < -0.4 is 0 Å². The lowest BCUT2D eigenvalue weighted by molar-refractivity contribution is 0.192. The number of benzene rings is 5. The van der Waals surface area contributed by atoms with Crippen LogP contribution in [0.5, 0.6) is 0 Å². The highest BCUT2D eigenvalue weighted by Gasteiger charge is 2.43. The Kier molecular flexibility index (Phi) is 7.28. The fourth-order valence-electron chi connectivity index (χ4n) is 5.52. The molecule has 1 N–H and O–H groups in total. The molecule has 0 saturated carbocycles. The van der Waals surface area contributed by atoms with Gasteiger partial charge in [0.15, 0.2) is 11.6 Å². The minimum Gasteiger partial charge on any atom is -0.380 e. The molecule has 0 fully saturated rings. The highest BCUT2D eigenvalue weighted by molar-refractivity contribution is 5.56. The second-order valence-electron chi connectivity index (χ2n) is 9.99. The summed E-state index contributed by atoms with van der Waals surface area (Å²) in [4.78, 5) is 4.93. The SMILES string of the molecule is CCc1ccc(F)c(C(O)c2nc(-c3ccccc3)nn2C(c2ccccc2)(c2ccccc2)c2ccccc2)c1. The van der Waals surface area contributed by atoms with Gasteiger partial charge >= 0.3 is 0 Å². The molecule has 0 bridgehead atoms. The van der Waals surface area contributed by atoms with Crippen molar-refractivity contribution < 1.29 is 9.50 Å². The Labute approximate surface area is 239 Å². The summed E-state index contributed by atoms with van der Waals surface area (Å²) in [5.41, 5.74) is 3.65. The van der Waals surface area contributed by atoms with E-state index in [2.05, 4.69) is 36.4 Å². The zero-order chi connectivity index (χ0) is 28.2. The van der Waals surface area contributed by atoms with Gasteiger partial charge in [0, 0.05) is 11.1 Å². The van der Waals surface area contributed by atoms with E-state index in [0.717, 1.165) is 27.8 Å². The molecule has 1 aromatic heterocycles. The number of nitrogens with zero attached hydrogens (tertiary/aromatic N) is 3. The lowest BCUT2D eigenvalue weighted by Crippen LogP contribution is -2.40. The summed E-state index contributed by atoms with van der Waals surface area (Å²) < 4.78 is 17.1. The molecule has 6 aromatic rings. The molecule has 6 rings (SSSR count). The number of hydrogen-bond donors (Lipinski definition) is 1. The highest BCUT2D eigenvalue weighted by atomic mass is 19.1. The van der Waals surface area contributed by atoms with Gasteiger partial charge in [-0.3, -0.25) is 0 Å². The molecule has 4 nitrogen and oxygen atoms in total. The first-order valence-corrected chi connectivity index (χ1v) is 13.8. The van der Waals surface area contributed by atoms with Gasteiger partial charge in [0.25, 0.3) is 0 Å². The fourth-order valence-corrected chi connectivity index (χ4v) is 5.52. The number of hydrogen-bond acceptors (Lipinski definition) is 3. The topological polar surface area (TPSA) is 50.9 Å². The van der Waals surface area contributed by atoms with Crippen molar-refractivity contribution in [1.29, 1.82) is 0 Å². The first-order valence-electron chi connectivity index (χ1n) is 13.8. The summed E-state index contributed by atoms with van der Waals surface area (Å²) in [7, 11) is 0. The average Bonchev–Trinajstić information content (AvgIpc) is 3.49. The molecule has 5 heteroatoms. The monoisotopic (exact) mass is 539 g/mol. The molecule has 41 heavy (non-hydrogen) atoms. The summed E-state index contributed by atoms with van der Waals surface area (Å²) in [5.74, 6) is 0.196. The van der Waals surface area contributed by atoms with Gasteiger partial charge in [-0.15, -0.1) is 5.10 Å². The Morgan fingerprint density at radius 3 is 1.68 bits per heavy atom. The van der Waals surface area contributed by atoms with Crippen molar-refractivity contribution in [3.05, 3.63) is 179 Å². The van der Waals surface area contributed by atoms with E-state index >= 15 is 4.39 Å². The van der Waals surface area contributed by atoms with Crippen LogP contribution in [0.15, 0.2) is 140 Å². The van der Waals surface area contributed by atoms with E-state index < -0.39 is 17.5 Å². The average molecular weight is 540 g/mol. The molecule has 0 aliphatic heterocycles. The third kappa shape index (κ3) is 4.75. The van der Waals surface area contributed by atoms with Crippen molar-refractivity contribution >= 4 is 0 Å². The lowest BCUT2D eigenvalue weighted by atomic mass is 9.77. The Bertz CT molecular complexity index is 1640. The number of aliphatic hydroxyl groups is 1. The summed E-state index contributed by atoms with van der Waals surface area (Å²) in [5, 5.41) is 17.1. The van der Waals surface area contributed by atoms with Gasteiger partial charge in [-0.2, -0.15) is 0 Å². The Morgan fingerprint density at radius 1 is 0.707 bits per heavy atom. The number of aliphatic hydroxyl groups excluding tert-OH is 1. The maximum absolute atomic E-state index is 15.4. The largest absolute Gasteiger partial charge is 0.380 e. The number of aromatic nitrogens is 3. The van der Waals surface area contributed by atoms with Gasteiger partial charge in [0.05, 0.1) is 0 Å². The van der Waals surface area contributed by atoms with E-state index in [0.29, 0.717) is 12.2 Å². The molecular formula is C36H30FN3O. The maximum Gasteiger partial charge on any atom is 0.181 e. The van der Waals surface area contributed by atoms with Gasteiger partial charge in [0.2, 0.25) is 0 Å². The van der Waals surface area contributed by atoms with E-state index in [1.54, 1.807) is 16.8 Å². The van der Waals surface area contributed by atoms with Crippen LogP contribution >= 0.6 is 0 Å². The Morgan fingerprint density at radius 2 is 1.20 bits per heavy atom. The minimum absolute atomic E-state index is 0.167. The van der Waals surface area contributed by atoms with Crippen LogP contribution in [-0.4, -0.2) is 19.9 Å². The normalized spacial score (nSPS) is 12.3. The van der Waals surface area contributed by atoms with Crippen LogP contribution in [0, 0.1) is 5.82 Å². The first kappa shape index (κ1) is 26.4. The fraction of sp³-hybridized carbons (Fsp3) is 0.111. The Balaban J connectivity index is 1.73. The second-order valence-corrected chi connectivity index (χ2v) is 9.99. The van der Waals surface area contributed by atoms with Gasteiger partial charge in [0.1, 0.15) is 17.5 Å². The smallest absolute Gasteiger partial charge is 0.181 e. The summed E-state index contributed by atoms with van der Waals surface area (Å²) in [6, 6.07) is 44.7. The van der Waals surface area contributed by atoms with E-state index in [1.165, 1.54) is 6.07 Å². The van der Waals surface area contributed by atoms with E-state index in [1.807, 2.05) is 91.9 Å². The van der Waals surface area contributed by atoms with Crippen molar-refractivity contribution in [3.8, 4) is 11.4 Å². The molecule has 0 spiro atoms. The van der Waals surface area contributed by atoms with Crippen molar-refractivity contribution in [3.63, 3.8) is 0 Å². The summed E-state index contributed by atoms with van der Waals surface area (Å²) in [6.07, 6.45) is -0.661. The second kappa shape index (κ2) is 11.3. The third-order valence-electron chi connectivity index (χ3n) is 7.56. The molecule has 0 amide bonds. The standard InChI is InChI=1S/C36H30FN3O/c1-2-26-23-24-32(37)31(25-26)33(41)35-38-34(27-15-7-3-8-16-27)39-40(35)36(28-17-9-4-10-18-28,29-19-11-5-12-20-29)30-21-13-6-14-22-30/h3-25,33,41H,2H2,1H3. The van der Waals surface area contributed by atoms with Gasteiger partial charge < -0.3 is 5.11 Å². The van der Waals surface area contributed by atoms with Crippen LogP contribution in [0.4, 0.5) is 4.39 Å². The minimum atomic E-state index is -1.37. The molecule has 1 atom stereocenters. The predicted octanol–water partition coefficient (Wildman–Crippen LogP) is 7.57. The molecule has 1 heterocycles. The molecule has 0 aliphatic rings. The van der Waals surface area contributed by atoms with Crippen molar-refractivity contribution in [2.75, 3.05) is 0 Å². The van der Waals surface area contributed by atoms with Crippen LogP contribution in [0.2, 0.25) is 0 Å². The number of rotatable bonds is 8. The van der Waals surface area contributed by atoms with Gasteiger partial charge in [-0.1, -0.05) is 134 Å². The zero-order valence-corrected chi connectivity index (χ0v) is 22.7. The molecule has 0 aliphatic carbocycles. The van der Waals surface area contributed by atoms with Gasteiger partial charge in [-0.05, 0) is 40.8 Å². The molecule has 0 saturated heterocycles. The van der Waals surface area contributed by atoms with Crippen LogP contribution in [0.3, 0.4) is 0 Å². The molecule has 5 aromatic carbocycles. The maximum atomic E-state index is 15.4. The first-order chi connectivity index (χ1) is 20.1. The van der Waals surface area contributed by atoms with E-state index in [4.69, 9.17) is 10.1 Å². The number of aryl methyl sites for hydroxylation is 1. The molecular weight excluding hydrogens is 509 g/mol. The predicted molar refractivity (Wildman–Crippen MR) is 160 cm³/mol. The van der Waals surface area contributed by atoms with Gasteiger partial charge in [-0.25, -0.2) is 14.1 Å². The van der Waals surface area contributed by atoms with E-state index in [-0.39, 0.29) is 11.4 Å². The van der Waals surface area contributed by atoms with Crippen molar-refractivity contribution in [2.45, 2.75) is 25.0 Å².